The van der Waals surface area contributed by atoms with E-state index in [2.05, 4.69) is 15.2 Å². The number of nitrogens with two attached hydrogens (primary N) is 1. The summed E-state index contributed by atoms with van der Waals surface area (Å²) in [5, 5.41) is 2.87. The second-order valence-corrected chi connectivity index (χ2v) is 5.08. The van der Waals surface area contributed by atoms with E-state index in [1.165, 1.54) is 0 Å². The predicted molar refractivity (Wildman–Crippen MR) is 77.4 cm³/mol. The molecule has 1 fully saturated rings. The van der Waals surface area contributed by atoms with E-state index in [0.29, 0.717) is 13.0 Å². The normalized spacial score (nSPS) is 16.8. The van der Waals surface area contributed by atoms with E-state index >= 15 is 0 Å². The molecule has 1 aliphatic heterocycles. The minimum absolute atomic E-state index is 0.0234. The number of anilines is 1. The molecule has 0 bridgehead atoms. The van der Waals surface area contributed by atoms with E-state index in [4.69, 9.17) is 10.5 Å². The van der Waals surface area contributed by atoms with Crippen LogP contribution in [0.1, 0.15) is 18.9 Å². The zero-order valence-electron chi connectivity index (χ0n) is 11.8. The summed E-state index contributed by atoms with van der Waals surface area (Å²) in [6, 6.07) is 3.81. The molecular weight excluding hydrogens is 256 g/mol. The predicted octanol–water partition coefficient (Wildman–Crippen LogP) is 0.272. The molecule has 1 saturated heterocycles. The van der Waals surface area contributed by atoms with Gasteiger partial charge in [0.1, 0.15) is 5.82 Å². The number of carbonyl (C=O) groups is 1. The summed E-state index contributed by atoms with van der Waals surface area (Å²) < 4.78 is 5.33. The van der Waals surface area contributed by atoms with E-state index in [1.54, 1.807) is 6.20 Å². The molecule has 1 aromatic rings. The molecule has 2 rings (SSSR count). The van der Waals surface area contributed by atoms with Gasteiger partial charge in [0.15, 0.2) is 0 Å². The van der Waals surface area contributed by atoms with E-state index in [0.717, 1.165) is 37.7 Å². The summed E-state index contributed by atoms with van der Waals surface area (Å²) in [5.74, 6) is 0.914. The van der Waals surface area contributed by atoms with Gasteiger partial charge in [-0.25, -0.2) is 4.98 Å². The van der Waals surface area contributed by atoms with Crippen LogP contribution in [0.5, 0.6) is 0 Å². The average Bonchev–Trinajstić information content (AvgIpc) is 2.46. The molecule has 0 spiro atoms. The van der Waals surface area contributed by atoms with Crippen LogP contribution in [-0.2, 0) is 16.1 Å². The lowest BCUT2D eigenvalue weighted by Gasteiger charge is -2.28. The number of aromatic nitrogens is 1. The quantitative estimate of drug-likeness (QED) is 0.808. The third-order valence-corrected chi connectivity index (χ3v) is 3.14. The van der Waals surface area contributed by atoms with Gasteiger partial charge in [-0.05, 0) is 24.6 Å². The lowest BCUT2D eigenvalue weighted by atomic mass is 10.2. The first-order valence-corrected chi connectivity index (χ1v) is 6.95. The van der Waals surface area contributed by atoms with Crippen molar-refractivity contribution >= 4 is 11.7 Å². The van der Waals surface area contributed by atoms with Crippen LogP contribution in [0.4, 0.5) is 5.82 Å². The fourth-order valence-electron chi connectivity index (χ4n) is 2.10. The highest BCUT2D eigenvalue weighted by atomic mass is 16.5. The molecule has 20 heavy (non-hydrogen) atoms. The molecule has 2 heterocycles. The van der Waals surface area contributed by atoms with Crippen LogP contribution >= 0.6 is 0 Å². The fourth-order valence-corrected chi connectivity index (χ4v) is 2.10. The Kier molecular flexibility index (Phi) is 5.31. The number of rotatable bonds is 5. The van der Waals surface area contributed by atoms with Crippen molar-refractivity contribution in [2.24, 2.45) is 5.73 Å². The summed E-state index contributed by atoms with van der Waals surface area (Å²) >= 11 is 0. The molecule has 3 N–H and O–H groups in total. The largest absolute Gasteiger partial charge is 0.378 e. The Hall–Kier alpha value is -1.66. The number of nitrogens with zero attached hydrogens (tertiary/aromatic N) is 2. The molecule has 6 heteroatoms. The van der Waals surface area contributed by atoms with Crippen molar-refractivity contribution in [3.63, 3.8) is 0 Å². The van der Waals surface area contributed by atoms with Crippen LogP contribution in [0.15, 0.2) is 18.3 Å². The van der Waals surface area contributed by atoms with Gasteiger partial charge in [0.05, 0.1) is 13.2 Å². The monoisotopic (exact) mass is 278 g/mol. The van der Waals surface area contributed by atoms with Crippen LogP contribution < -0.4 is 16.0 Å². The topological polar surface area (TPSA) is 80.5 Å². The summed E-state index contributed by atoms with van der Waals surface area (Å²) in [7, 11) is 0. The van der Waals surface area contributed by atoms with Crippen LogP contribution in [0.3, 0.4) is 0 Å². The fraction of sp³-hybridized carbons (Fsp3) is 0.571. The first-order valence-electron chi connectivity index (χ1n) is 6.95. The molecular formula is C14H22N4O2. The summed E-state index contributed by atoms with van der Waals surface area (Å²) in [6.07, 6.45) is 2.12. The Balaban J connectivity index is 1.90. The number of nitrogens with one attached hydrogen (secondary N) is 1. The van der Waals surface area contributed by atoms with Gasteiger partial charge >= 0.3 is 0 Å². The summed E-state index contributed by atoms with van der Waals surface area (Å²) in [6.45, 7) is 5.50. The summed E-state index contributed by atoms with van der Waals surface area (Å²) in [4.78, 5) is 18.1. The Morgan fingerprint density at radius 1 is 1.55 bits per heavy atom. The van der Waals surface area contributed by atoms with Gasteiger partial charge in [-0.15, -0.1) is 0 Å². The number of hydrogen-bond acceptors (Lipinski definition) is 5. The minimum atomic E-state index is -0.114. The van der Waals surface area contributed by atoms with Crippen LogP contribution in [0.25, 0.3) is 0 Å². The first-order chi connectivity index (χ1) is 9.65. The molecule has 0 aliphatic carbocycles. The smallest absolute Gasteiger partial charge is 0.221 e. The second-order valence-electron chi connectivity index (χ2n) is 5.08. The van der Waals surface area contributed by atoms with Crippen LogP contribution in [-0.4, -0.2) is 43.2 Å². The number of amides is 1. The molecule has 1 atom stereocenters. The molecule has 1 amide bonds. The standard InChI is InChI=1S/C14H22N4O2/c1-11(15)8-14(19)17-10-12-2-3-16-13(9-12)18-4-6-20-7-5-18/h2-3,9,11H,4-8,10,15H2,1H3,(H,17,19). The zero-order valence-corrected chi connectivity index (χ0v) is 11.8. The Labute approximate surface area is 119 Å². The van der Waals surface area contributed by atoms with Crippen molar-refractivity contribution in [3.05, 3.63) is 23.9 Å². The number of hydrogen-bond donors (Lipinski definition) is 2. The van der Waals surface area contributed by atoms with Crippen LogP contribution in [0, 0.1) is 0 Å². The second kappa shape index (κ2) is 7.21. The van der Waals surface area contributed by atoms with Gasteiger partial charge in [-0.2, -0.15) is 0 Å². The van der Waals surface area contributed by atoms with Gasteiger partial charge < -0.3 is 20.7 Å². The molecule has 6 nitrogen and oxygen atoms in total. The number of pyridine rings is 1. The third kappa shape index (κ3) is 4.47. The van der Waals surface area contributed by atoms with Crippen molar-refractivity contribution in [2.45, 2.75) is 25.9 Å². The third-order valence-electron chi connectivity index (χ3n) is 3.14. The maximum Gasteiger partial charge on any atom is 0.221 e. The Bertz CT molecular complexity index is 445. The average molecular weight is 278 g/mol. The van der Waals surface area contributed by atoms with Crippen molar-refractivity contribution in [3.8, 4) is 0 Å². The van der Waals surface area contributed by atoms with Gasteiger partial charge in [-0.1, -0.05) is 0 Å². The summed E-state index contributed by atoms with van der Waals surface area (Å²) in [5.41, 5.74) is 6.64. The number of ether oxygens (including phenoxy) is 1. The molecule has 0 aromatic carbocycles. The van der Waals surface area contributed by atoms with Gasteiger partial charge in [0.2, 0.25) is 5.91 Å². The lowest BCUT2D eigenvalue weighted by molar-refractivity contribution is -0.121. The van der Waals surface area contributed by atoms with Gasteiger partial charge in [0.25, 0.3) is 0 Å². The Morgan fingerprint density at radius 3 is 3.00 bits per heavy atom. The maximum absolute atomic E-state index is 11.6. The minimum Gasteiger partial charge on any atom is -0.378 e. The molecule has 1 aliphatic rings. The highest BCUT2D eigenvalue weighted by Gasteiger charge is 2.12. The number of morpholine rings is 1. The SMILES string of the molecule is CC(N)CC(=O)NCc1ccnc(N2CCOCC2)c1. The molecule has 1 unspecified atom stereocenters. The van der Waals surface area contributed by atoms with E-state index in [-0.39, 0.29) is 11.9 Å². The lowest BCUT2D eigenvalue weighted by Crippen LogP contribution is -2.36. The van der Waals surface area contributed by atoms with E-state index in [1.807, 2.05) is 19.1 Å². The highest BCUT2D eigenvalue weighted by Crippen LogP contribution is 2.14. The first kappa shape index (κ1) is 14.7. The molecule has 1 aromatic heterocycles. The highest BCUT2D eigenvalue weighted by molar-refractivity contribution is 5.76. The zero-order chi connectivity index (χ0) is 14.4. The molecule has 0 saturated carbocycles. The van der Waals surface area contributed by atoms with Gasteiger partial charge in [0, 0.05) is 38.3 Å². The van der Waals surface area contributed by atoms with Crippen molar-refractivity contribution in [1.29, 1.82) is 0 Å². The molecule has 110 valence electrons. The van der Waals surface area contributed by atoms with Crippen molar-refractivity contribution in [2.75, 3.05) is 31.2 Å². The maximum atomic E-state index is 11.6. The molecule has 0 radical (unpaired) electrons. The van der Waals surface area contributed by atoms with Crippen molar-refractivity contribution < 1.29 is 9.53 Å². The number of carbonyl (C=O) groups excluding carboxylic acids is 1. The van der Waals surface area contributed by atoms with Gasteiger partial charge in [-0.3, -0.25) is 4.79 Å². The van der Waals surface area contributed by atoms with E-state index < -0.39 is 0 Å². The van der Waals surface area contributed by atoms with Crippen molar-refractivity contribution in [1.82, 2.24) is 10.3 Å². The van der Waals surface area contributed by atoms with Crippen LogP contribution in [0.2, 0.25) is 0 Å². The van der Waals surface area contributed by atoms with E-state index in [9.17, 15) is 4.79 Å². The Morgan fingerprint density at radius 2 is 2.30 bits per heavy atom.